The van der Waals surface area contributed by atoms with Crippen molar-refractivity contribution in [2.24, 2.45) is 0 Å². The lowest BCUT2D eigenvalue weighted by molar-refractivity contribution is -0.641. The molecule has 0 atom stereocenters. The Labute approximate surface area is 461 Å². The number of ketones is 6. The number of rotatable bonds is 22. The molecule has 5 aromatic carbocycles. The second-order valence-electron chi connectivity index (χ2n) is 17.8. The molecule has 14 heteroatoms. The summed E-state index contributed by atoms with van der Waals surface area (Å²) in [5, 5.41) is 0. The molecule has 0 spiro atoms. The molecular formula is C66H50N4O10. The number of carbonyl (C=O) groups excluding carboxylic acids is 8. The molecule has 80 heavy (non-hydrogen) atoms. The van der Waals surface area contributed by atoms with Gasteiger partial charge in [0.05, 0.1) is 38.0 Å². The molecule has 0 bridgehead atoms. The van der Waals surface area contributed by atoms with Crippen LogP contribution in [0.1, 0.15) is 76.0 Å². The molecule has 0 fully saturated rings. The van der Waals surface area contributed by atoms with E-state index in [-0.39, 0.29) is 59.6 Å². The number of esters is 2. The maximum atomic E-state index is 14.6. The Kier molecular flexibility index (Phi) is 16.8. The summed E-state index contributed by atoms with van der Waals surface area (Å²) in [5.74, 6) is -4.96. The van der Waals surface area contributed by atoms with Gasteiger partial charge in [0.2, 0.25) is 12.1 Å². The summed E-state index contributed by atoms with van der Waals surface area (Å²) in [6, 6.07) is 52.3. The Morgan fingerprint density at radius 1 is 0.275 bits per heavy atom. The lowest BCUT2D eigenvalue weighted by Gasteiger charge is -2.19. The number of ether oxygens (including phenoxy) is 2. The summed E-state index contributed by atoms with van der Waals surface area (Å²) in [5.41, 5.74) is 4.15. The summed E-state index contributed by atoms with van der Waals surface area (Å²) in [4.78, 5) is 111. The maximum Gasteiger partial charge on any atom is 0.363 e. The van der Waals surface area contributed by atoms with Gasteiger partial charge in [-0.05, 0) is 118 Å². The van der Waals surface area contributed by atoms with Crippen LogP contribution in [0.15, 0.2) is 244 Å². The first-order valence-corrected chi connectivity index (χ1v) is 25.4. The second kappa shape index (κ2) is 24.9. The molecule has 394 valence electrons. The summed E-state index contributed by atoms with van der Waals surface area (Å²) in [7, 11) is 0. The highest BCUT2D eigenvalue weighted by Gasteiger charge is 2.36. The van der Waals surface area contributed by atoms with Gasteiger partial charge in [-0.25, -0.2) is 0 Å². The lowest BCUT2D eigenvalue weighted by Crippen LogP contribution is -2.49. The first kappa shape index (κ1) is 53.9. The van der Waals surface area contributed by atoms with Gasteiger partial charge < -0.3 is 19.1 Å². The lowest BCUT2D eigenvalue weighted by atomic mass is 9.92. The van der Waals surface area contributed by atoms with E-state index in [4.69, 9.17) is 9.47 Å². The number of benzene rings is 5. The van der Waals surface area contributed by atoms with E-state index in [2.05, 4.69) is 0 Å². The Morgan fingerprint density at radius 3 is 0.675 bits per heavy atom. The van der Waals surface area contributed by atoms with E-state index in [1.165, 1.54) is 42.5 Å². The highest BCUT2D eigenvalue weighted by molar-refractivity contribution is 6.27. The zero-order chi connectivity index (χ0) is 56.1. The van der Waals surface area contributed by atoms with Crippen molar-refractivity contribution in [3.05, 3.63) is 301 Å². The van der Waals surface area contributed by atoms with Gasteiger partial charge in [-0.15, -0.1) is 0 Å². The van der Waals surface area contributed by atoms with Crippen molar-refractivity contribution in [2.45, 2.75) is 13.8 Å². The first-order chi connectivity index (χ1) is 38.9. The van der Waals surface area contributed by atoms with E-state index in [0.29, 0.717) is 33.4 Å². The predicted octanol–water partition coefficient (Wildman–Crippen LogP) is 8.11. The number of nitrogens with zero attached hydrogens (tertiary/aromatic N) is 4. The molecule has 0 aliphatic heterocycles. The number of aromatic nitrogens is 4. The van der Waals surface area contributed by atoms with Gasteiger partial charge in [0.25, 0.3) is 12.1 Å². The molecular weight excluding hydrogens is 1010 g/mol. The average molecular weight is 1060 g/mol. The van der Waals surface area contributed by atoms with Gasteiger partial charge in [0.1, 0.15) is 24.8 Å². The smallest absolute Gasteiger partial charge is 0.363 e. The van der Waals surface area contributed by atoms with Crippen LogP contribution < -0.4 is 18.3 Å². The molecule has 9 rings (SSSR count). The quantitative estimate of drug-likeness (QED) is 0.0212. The highest BCUT2D eigenvalue weighted by Crippen LogP contribution is 2.24. The fraction of sp³-hybridized carbons (Fsp3) is 0.0606. The molecule has 0 N–H and O–H groups in total. The van der Waals surface area contributed by atoms with Crippen LogP contribution in [0.3, 0.4) is 0 Å². The first-order valence-electron chi connectivity index (χ1n) is 25.4. The van der Waals surface area contributed by atoms with Crippen molar-refractivity contribution >= 4 is 46.6 Å². The number of hydrogen-bond acceptors (Lipinski definition) is 10. The Bertz CT molecular complexity index is 3450. The van der Waals surface area contributed by atoms with E-state index in [0.717, 1.165) is 0 Å². The molecule has 0 aliphatic rings. The van der Waals surface area contributed by atoms with Crippen LogP contribution in [0, 0.1) is 24.2 Å². The monoisotopic (exact) mass is 1060 g/mol. The number of Topliss-reactive ketones (excluding diaryl/α,β-unsaturated/α-hetero) is 6. The van der Waals surface area contributed by atoms with Crippen LogP contribution in [0.2, 0.25) is 0 Å². The van der Waals surface area contributed by atoms with Crippen LogP contribution in [0.4, 0.5) is 0 Å². The summed E-state index contributed by atoms with van der Waals surface area (Å²) in [6.45, 7) is 3.46. The van der Waals surface area contributed by atoms with Crippen LogP contribution in [-0.2, 0) is 19.1 Å². The largest absolute Gasteiger partial charge is 0.465 e. The third-order valence-corrected chi connectivity index (χ3v) is 12.8. The van der Waals surface area contributed by atoms with Crippen LogP contribution in [-0.4, -0.2) is 59.9 Å². The average Bonchev–Trinajstić information content (AvgIpc) is 3.52. The third-order valence-electron chi connectivity index (χ3n) is 12.8. The minimum Gasteiger partial charge on any atom is -0.465 e. The van der Waals surface area contributed by atoms with Gasteiger partial charge in [0, 0.05) is 0 Å². The van der Waals surface area contributed by atoms with Crippen LogP contribution in [0.25, 0.3) is 22.3 Å². The van der Waals surface area contributed by atoms with E-state index in [1.807, 2.05) is 0 Å². The topological polar surface area (TPSA) is 171 Å². The number of hydrogen-bond donors (Lipinski definition) is 0. The zero-order valence-corrected chi connectivity index (χ0v) is 43.4. The van der Waals surface area contributed by atoms with Crippen LogP contribution in [0.5, 0.6) is 0 Å². The Hall–Kier alpha value is -10.9. The summed E-state index contributed by atoms with van der Waals surface area (Å²) < 4.78 is 16.2. The predicted molar refractivity (Wildman–Crippen MR) is 291 cm³/mol. The van der Waals surface area contributed by atoms with Gasteiger partial charge in [0.15, 0.2) is 34.7 Å². The molecule has 0 amide bonds. The normalized spacial score (nSPS) is 10.6. The van der Waals surface area contributed by atoms with Crippen molar-refractivity contribution in [2.75, 3.05) is 13.2 Å². The molecule has 4 heterocycles. The SMILES string of the molecule is CCOC(=O)[C-](C(=O)c1ccccc1)[n+]1ccc(-c2cc[n+]([C-](C(=O)c3ccccc3)C(=O)c3ccc(C(=O)[C-](C(=O)c4ccccc4)[n+]4ccc(-c5cc[n+]([C-](C(=O)OCC)C(=O)c6ccccc6)cc5)cc4)cc3)cc2)cc1. The van der Waals surface area contributed by atoms with E-state index >= 15 is 0 Å². The fourth-order valence-corrected chi connectivity index (χ4v) is 8.73. The standard InChI is InChI=1S/C66H50N4O10/c1-3-79-65(77)57(63(75)51-21-13-7-14-22-51)69-41-33-47(34-42-69)45-29-37-67(38-30-45)55(59(71)49-17-9-5-10-18-49)61(73)53-25-27-54(28-26-53)62(74)56(60(72)50-19-11-6-12-20-50)68-39-31-46(32-40-68)48-35-43-70(44-36-48)58(66(78)80-4-2)64(76)52-23-15-8-16-24-52/h5-44H,3-4H2,1-2H3. The highest BCUT2D eigenvalue weighted by atomic mass is 16.5. The molecule has 0 radical (unpaired) electrons. The fourth-order valence-electron chi connectivity index (χ4n) is 8.73. The minimum atomic E-state index is -0.774. The molecule has 0 unspecified atom stereocenters. The van der Waals surface area contributed by atoms with Crippen molar-refractivity contribution < 1.29 is 66.1 Å². The van der Waals surface area contributed by atoms with Gasteiger partial charge in [-0.2, -0.15) is 0 Å². The van der Waals surface area contributed by atoms with Gasteiger partial charge >= 0.3 is 11.9 Å². The number of carbonyl (C=O) groups is 8. The molecule has 0 saturated carbocycles. The van der Waals surface area contributed by atoms with E-state index in [1.54, 1.807) is 233 Å². The molecule has 9 aromatic rings. The van der Waals surface area contributed by atoms with E-state index in [9.17, 15) is 38.4 Å². The summed E-state index contributed by atoms with van der Waals surface area (Å²) >= 11 is 0. The summed E-state index contributed by atoms with van der Waals surface area (Å²) in [6.07, 6.45) is 12.7. The Morgan fingerprint density at radius 2 is 0.463 bits per heavy atom. The Balaban J connectivity index is 0.965. The third kappa shape index (κ3) is 11.9. The minimum absolute atomic E-state index is 0.0743. The van der Waals surface area contributed by atoms with Gasteiger partial charge in [-0.1, -0.05) is 146 Å². The maximum absolute atomic E-state index is 14.6. The number of pyridine rings is 4. The molecule has 0 saturated heterocycles. The van der Waals surface area contributed by atoms with Crippen molar-refractivity contribution in [3.8, 4) is 22.3 Å². The zero-order valence-electron chi connectivity index (χ0n) is 43.4. The second-order valence-corrected chi connectivity index (χ2v) is 17.8. The van der Waals surface area contributed by atoms with Crippen LogP contribution >= 0.6 is 0 Å². The van der Waals surface area contributed by atoms with E-state index < -0.39 is 46.6 Å². The van der Waals surface area contributed by atoms with Crippen molar-refractivity contribution in [1.29, 1.82) is 0 Å². The molecule has 14 nitrogen and oxygen atoms in total. The van der Waals surface area contributed by atoms with Crippen molar-refractivity contribution in [3.63, 3.8) is 0 Å². The van der Waals surface area contributed by atoms with Gasteiger partial charge in [-0.3, -0.25) is 47.0 Å². The molecule has 4 aromatic heterocycles. The van der Waals surface area contributed by atoms with Crippen molar-refractivity contribution in [1.82, 2.24) is 0 Å². The molecule has 0 aliphatic carbocycles.